The van der Waals surface area contributed by atoms with Crippen LogP contribution in [-0.2, 0) is 4.79 Å². The molecule has 20 heavy (non-hydrogen) atoms. The van der Waals surface area contributed by atoms with E-state index < -0.39 is 0 Å². The second kappa shape index (κ2) is 5.65. The van der Waals surface area contributed by atoms with Crippen LogP contribution in [0.1, 0.15) is 37.9 Å². The second-order valence-electron chi connectivity index (χ2n) is 5.26. The van der Waals surface area contributed by atoms with Crippen molar-refractivity contribution in [3.8, 4) is 0 Å². The van der Waals surface area contributed by atoms with Gasteiger partial charge in [-0.2, -0.15) is 0 Å². The van der Waals surface area contributed by atoms with Crippen molar-refractivity contribution >= 4 is 16.9 Å². The number of aromatic nitrogens is 2. The van der Waals surface area contributed by atoms with Gasteiger partial charge in [0.1, 0.15) is 6.04 Å². The predicted octanol–water partition coefficient (Wildman–Crippen LogP) is 3.08. The van der Waals surface area contributed by atoms with Gasteiger partial charge in [0.2, 0.25) is 5.91 Å². The highest BCUT2D eigenvalue weighted by Gasteiger charge is 2.21. The lowest BCUT2D eigenvalue weighted by Gasteiger charge is -2.24. The van der Waals surface area contributed by atoms with Gasteiger partial charge in [0.15, 0.2) is 0 Å². The van der Waals surface area contributed by atoms with Gasteiger partial charge in [-0.25, -0.2) is 4.98 Å². The van der Waals surface area contributed by atoms with E-state index in [1.54, 1.807) is 6.33 Å². The van der Waals surface area contributed by atoms with E-state index in [1.807, 2.05) is 30.2 Å². The second-order valence-corrected chi connectivity index (χ2v) is 5.26. The third-order valence-corrected chi connectivity index (χ3v) is 4.04. The summed E-state index contributed by atoms with van der Waals surface area (Å²) in [7, 11) is 0. The zero-order valence-corrected chi connectivity index (χ0v) is 13.0. The molecule has 0 aliphatic carbocycles. The number of amides is 1. The summed E-state index contributed by atoms with van der Waals surface area (Å²) in [5.41, 5.74) is 4.43. The van der Waals surface area contributed by atoms with Gasteiger partial charge < -0.3 is 9.47 Å². The molecule has 0 saturated carbocycles. The van der Waals surface area contributed by atoms with Gasteiger partial charge in [0, 0.05) is 13.1 Å². The standard InChI is InChI=1S/C16H23N3O/c1-6-18(7-2)16(20)13(5)19-10-17-14-8-11(3)12(4)9-15(14)19/h8-10,13H,6-7H2,1-5H3. The van der Waals surface area contributed by atoms with Crippen LogP contribution in [0, 0.1) is 13.8 Å². The number of carbonyl (C=O) groups is 1. The number of carbonyl (C=O) groups excluding carboxylic acids is 1. The fourth-order valence-corrected chi connectivity index (χ4v) is 2.51. The largest absolute Gasteiger partial charge is 0.341 e. The summed E-state index contributed by atoms with van der Waals surface area (Å²) in [5.74, 6) is 0.146. The Labute approximate surface area is 120 Å². The molecule has 0 fully saturated rings. The highest BCUT2D eigenvalue weighted by atomic mass is 16.2. The molecule has 2 aromatic rings. The lowest BCUT2D eigenvalue weighted by molar-refractivity contribution is -0.133. The summed E-state index contributed by atoms with van der Waals surface area (Å²) in [5, 5.41) is 0. The predicted molar refractivity (Wildman–Crippen MR) is 81.8 cm³/mol. The quantitative estimate of drug-likeness (QED) is 0.858. The Hall–Kier alpha value is -1.84. The van der Waals surface area contributed by atoms with E-state index in [1.165, 1.54) is 11.1 Å². The molecule has 1 amide bonds. The van der Waals surface area contributed by atoms with Crippen molar-refractivity contribution in [1.29, 1.82) is 0 Å². The maximum atomic E-state index is 12.5. The van der Waals surface area contributed by atoms with E-state index >= 15 is 0 Å². The Kier molecular flexibility index (Phi) is 4.12. The minimum Gasteiger partial charge on any atom is -0.341 e. The van der Waals surface area contributed by atoms with Gasteiger partial charge in [0.25, 0.3) is 0 Å². The van der Waals surface area contributed by atoms with Crippen molar-refractivity contribution < 1.29 is 4.79 Å². The zero-order valence-electron chi connectivity index (χ0n) is 13.0. The van der Waals surface area contributed by atoms with Crippen LogP contribution >= 0.6 is 0 Å². The number of hydrogen-bond donors (Lipinski definition) is 0. The van der Waals surface area contributed by atoms with Gasteiger partial charge in [-0.3, -0.25) is 4.79 Å². The van der Waals surface area contributed by atoms with Crippen LogP contribution in [0.3, 0.4) is 0 Å². The van der Waals surface area contributed by atoms with Crippen molar-refractivity contribution in [2.75, 3.05) is 13.1 Å². The number of imidazole rings is 1. The smallest absolute Gasteiger partial charge is 0.245 e. The molecule has 1 aromatic heterocycles. The van der Waals surface area contributed by atoms with Crippen molar-refractivity contribution in [1.82, 2.24) is 14.5 Å². The Morgan fingerprint density at radius 3 is 2.45 bits per heavy atom. The van der Waals surface area contributed by atoms with Crippen molar-refractivity contribution in [3.63, 3.8) is 0 Å². The molecule has 0 N–H and O–H groups in total. The molecule has 1 unspecified atom stereocenters. The molecule has 1 heterocycles. The average Bonchev–Trinajstić information content (AvgIpc) is 2.82. The van der Waals surface area contributed by atoms with Crippen LogP contribution in [-0.4, -0.2) is 33.4 Å². The van der Waals surface area contributed by atoms with Crippen LogP contribution in [0.15, 0.2) is 18.5 Å². The first kappa shape index (κ1) is 14.6. The van der Waals surface area contributed by atoms with Crippen molar-refractivity contribution in [3.05, 3.63) is 29.6 Å². The number of nitrogens with zero attached hydrogens (tertiary/aromatic N) is 3. The Balaban J connectivity index is 2.42. The summed E-state index contributed by atoms with van der Waals surface area (Å²) < 4.78 is 1.97. The number of rotatable bonds is 4. The minimum atomic E-state index is -0.220. The van der Waals surface area contributed by atoms with Crippen LogP contribution in [0.2, 0.25) is 0 Å². The minimum absolute atomic E-state index is 0.146. The van der Waals surface area contributed by atoms with Crippen molar-refractivity contribution in [2.24, 2.45) is 0 Å². The lowest BCUT2D eigenvalue weighted by atomic mass is 10.1. The van der Waals surface area contributed by atoms with Crippen molar-refractivity contribution in [2.45, 2.75) is 40.7 Å². The Morgan fingerprint density at radius 1 is 1.25 bits per heavy atom. The van der Waals surface area contributed by atoms with Crippen LogP contribution < -0.4 is 0 Å². The highest BCUT2D eigenvalue weighted by molar-refractivity contribution is 5.84. The molecule has 1 atom stereocenters. The normalized spacial score (nSPS) is 12.7. The fourth-order valence-electron chi connectivity index (χ4n) is 2.51. The number of aryl methyl sites for hydroxylation is 2. The maximum Gasteiger partial charge on any atom is 0.245 e. The molecule has 0 aliphatic rings. The molecule has 4 nitrogen and oxygen atoms in total. The lowest BCUT2D eigenvalue weighted by Crippen LogP contribution is -2.35. The van der Waals surface area contributed by atoms with Gasteiger partial charge in [0.05, 0.1) is 17.4 Å². The number of benzene rings is 1. The SMILES string of the molecule is CCN(CC)C(=O)C(C)n1cnc2cc(C)c(C)cc21. The van der Waals surface area contributed by atoms with E-state index in [2.05, 4.69) is 31.0 Å². The fraction of sp³-hybridized carbons (Fsp3) is 0.500. The molecule has 2 rings (SSSR count). The highest BCUT2D eigenvalue weighted by Crippen LogP contribution is 2.22. The third-order valence-electron chi connectivity index (χ3n) is 4.04. The first-order valence-corrected chi connectivity index (χ1v) is 7.22. The number of likely N-dealkylation sites (N-methyl/N-ethyl adjacent to an activating group) is 1. The monoisotopic (exact) mass is 273 g/mol. The van der Waals surface area contributed by atoms with Crippen LogP contribution in [0.5, 0.6) is 0 Å². The molecule has 0 saturated heterocycles. The van der Waals surface area contributed by atoms with Crippen LogP contribution in [0.25, 0.3) is 11.0 Å². The maximum absolute atomic E-state index is 12.5. The average molecular weight is 273 g/mol. The molecule has 0 bridgehead atoms. The van der Waals surface area contributed by atoms with Crippen LogP contribution in [0.4, 0.5) is 0 Å². The van der Waals surface area contributed by atoms with E-state index in [0.29, 0.717) is 0 Å². The molecular formula is C16H23N3O. The van der Waals surface area contributed by atoms with Gasteiger partial charge in [-0.15, -0.1) is 0 Å². The Morgan fingerprint density at radius 2 is 1.85 bits per heavy atom. The molecule has 108 valence electrons. The van der Waals surface area contributed by atoms with Gasteiger partial charge >= 0.3 is 0 Å². The molecule has 0 radical (unpaired) electrons. The first-order chi connectivity index (χ1) is 9.49. The molecule has 1 aromatic carbocycles. The van der Waals surface area contributed by atoms with E-state index in [0.717, 1.165) is 24.1 Å². The van der Waals surface area contributed by atoms with E-state index in [-0.39, 0.29) is 11.9 Å². The summed E-state index contributed by atoms with van der Waals surface area (Å²) in [6.45, 7) is 11.6. The third kappa shape index (κ3) is 2.42. The molecular weight excluding hydrogens is 250 g/mol. The summed E-state index contributed by atoms with van der Waals surface area (Å²) in [6.07, 6.45) is 1.77. The molecule has 0 spiro atoms. The Bertz CT molecular complexity index is 626. The zero-order chi connectivity index (χ0) is 14.9. The summed E-state index contributed by atoms with van der Waals surface area (Å²) in [6, 6.07) is 3.97. The summed E-state index contributed by atoms with van der Waals surface area (Å²) >= 11 is 0. The van der Waals surface area contributed by atoms with Gasteiger partial charge in [-0.1, -0.05) is 0 Å². The topological polar surface area (TPSA) is 38.1 Å². The van der Waals surface area contributed by atoms with E-state index in [4.69, 9.17) is 0 Å². The van der Waals surface area contributed by atoms with E-state index in [9.17, 15) is 4.79 Å². The molecule has 4 heteroatoms. The van der Waals surface area contributed by atoms with Gasteiger partial charge in [-0.05, 0) is 57.9 Å². The first-order valence-electron chi connectivity index (χ1n) is 7.22. The molecule has 0 aliphatic heterocycles. The number of hydrogen-bond acceptors (Lipinski definition) is 2. The number of fused-ring (bicyclic) bond motifs is 1. The summed E-state index contributed by atoms with van der Waals surface area (Å²) in [4.78, 5) is 18.8.